The van der Waals surface area contributed by atoms with Crippen molar-refractivity contribution in [2.24, 2.45) is 0 Å². The Labute approximate surface area is 117 Å². The van der Waals surface area contributed by atoms with Crippen molar-refractivity contribution >= 4 is 33.8 Å². The van der Waals surface area contributed by atoms with Gasteiger partial charge in [-0.3, -0.25) is 4.79 Å². The molecule has 0 radical (unpaired) electrons. The molecule has 0 atom stereocenters. The molecule has 0 bridgehead atoms. The number of rotatable bonds is 1. The van der Waals surface area contributed by atoms with Crippen LogP contribution in [-0.4, -0.2) is 0 Å². The molecule has 90 valence electrons. The van der Waals surface area contributed by atoms with Gasteiger partial charge >= 0.3 is 5.78 Å². The molecule has 18 heavy (non-hydrogen) atoms. The highest BCUT2D eigenvalue weighted by molar-refractivity contribution is 14.1. The molecule has 1 aromatic carbocycles. The SMILES string of the molecule is Cc1cc(=O)c2c(I)c(-c3ccccc3)oc2o1. The van der Waals surface area contributed by atoms with Crippen LogP contribution in [0.4, 0.5) is 0 Å². The zero-order valence-electron chi connectivity index (χ0n) is 9.57. The lowest BCUT2D eigenvalue weighted by Crippen LogP contribution is -1.99. The van der Waals surface area contributed by atoms with Crippen molar-refractivity contribution < 1.29 is 8.83 Å². The Hall–Kier alpha value is -1.56. The van der Waals surface area contributed by atoms with Gasteiger partial charge < -0.3 is 8.83 Å². The normalized spacial score (nSPS) is 11.0. The Morgan fingerprint density at radius 1 is 1.11 bits per heavy atom. The number of furan rings is 1. The molecule has 0 amide bonds. The van der Waals surface area contributed by atoms with Crippen molar-refractivity contribution in [2.45, 2.75) is 6.92 Å². The molecule has 0 spiro atoms. The first-order valence-corrected chi connectivity index (χ1v) is 6.53. The summed E-state index contributed by atoms with van der Waals surface area (Å²) in [5, 5.41) is 0.514. The van der Waals surface area contributed by atoms with E-state index in [1.807, 2.05) is 30.3 Å². The molecule has 0 fully saturated rings. The van der Waals surface area contributed by atoms with Crippen LogP contribution in [0.2, 0.25) is 0 Å². The fourth-order valence-electron chi connectivity index (χ4n) is 1.88. The molecule has 3 aromatic rings. The minimum atomic E-state index is -0.0657. The van der Waals surface area contributed by atoms with Gasteiger partial charge in [0, 0.05) is 11.6 Å². The largest absolute Gasteiger partial charge is 0.430 e. The summed E-state index contributed by atoms with van der Waals surface area (Å²) in [5.41, 5.74) is 0.870. The van der Waals surface area contributed by atoms with Crippen LogP contribution in [-0.2, 0) is 0 Å². The van der Waals surface area contributed by atoms with Gasteiger partial charge in [-0.2, -0.15) is 0 Å². The topological polar surface area (TPSA) is 43.4 Å². The van der Waals surface area contributed by atoms with Gasteiger partial charge in [-0.15, -0.1) is 0 Å². The molecule has 0 aliphatic carbocycles. The summed E-state index contributed by atoms with van der Waals surface area (Å²) in [4.78, 5) is 11.9. The highest BCUT2D eigenvalue weighted by Crippen LogP contribution is 2.33. The maximum Gasteiger partial charge on any atom is 0.302 e. The van der Waals surface area contributed by atoms with Crippen molar-refractivity contribution in [1.29, 1.82) is 0 Å². The second-order valence-electron chi connectivity index (χ2n) is 3.99. The van der Waals surface area contributed by atoms with Crippen molar-refractivity contribution in [3.63, 3.8) is 0 Å². The summed E-state index contributed by atoms with van der Waals surface area (Å²) in [6.07, 6.45) is 0. The molecule has 0 unspecified atom stereocenters. The number of benzene rings is 1. The number of halogens is 1. The smallest absolute Gasteiger partial charge is 0.302 e. The highest BCUT2D eigenvalue weighted by Gasteiger charge is 2.18. The molecule has 2 heterocycles. The second-order valence-corrected chi connectivity index (χ2v) is 5.07. The van der Waals surface area contributed by atoms with Gasteiger partial charge in [-0.1, -0.05) is 30.3 Å². The van der Waals surface area contributed by atoms with E-state index in [2.05, 4.69) is 22.6 Å². The molecule has 2 aromatic heterocycles. The number of hydrogen-bond acceptors (Lipinski definition) is 3. The van der Waals surface area contributed by atoms with E-state index < -0.39 is 0 Å². The number of hydrogen-bond donors (Lipinski definition) is 0. The van der Waals surface area contributed by atoms with Crippen molar-refractivity contribution in [3.05, 3.63) is 56.0 Å². The predicted octanol–water partition coefficient (Wildman–Crippen LogP) is 3.97. The average molecular weight is 352 g/mol. The van der Waals surface area contributed by atoms with E-state index in [1.165, 1.54) is 6.07 Å². The first-order valence-electron chi connectivity index (χ1n) is 5.45. The van der Waals surface area contributed by atoms with Crippen LogP contribution in [0.3, 0.4) is 0 Å². The van der Waals surface area contributed by atoms with Crippen LogP contribution in [0.5, 0.6) is 0 Å². The fourth-order valence-corrected chi connectivity index (χ4v) is 2.79. The van der Waals surface area contributed by atoms with E-state index in [0.717, 1.165) is 9.13 Å². The summed E-state index contributed by atoms with van der Waals surface area (Å²) < 4.78 is 11.9. The van der Waals surface area contributed by atoms with Gasteiger partial charge in [0.15, 0.2) is 11.2 Å². The van der Waals surface area contributed by atoms with E-state index in [-0.39, 0.29) is 5.43 Å². The maximum absolute atomic E-state index is 11.9. The van der Waals surface area contributed by atoms with Crippen LogP contribution in [0.25, 0.3) is 22.5 Å². The summed E-state index contributed by atoms with van der Waals surface area (Å²) in [7, 11) is 0. The van der Waals surface area contributed by atoms with E-state index in [9.17, 15) is 4.79 Å². The Morgan fingerprint density at radius 2 is 1.83 bits per heavy atom. The molecule has 3 rings (SSSR count). The quantitative estimate of drug-likeness (QED) is 0.623. The van der Waals surface area contributed by atoms with Gasteiger partial charge in [-0.25, -0.2) is 0 Å². The lowest BCUT2D eigenvalue weighted by molar-refractivity contribution is 0.459. The average Bonchev–Trinajstić information content (AvgIpc) is 2.67. The molecule has 4 heteroatoms. The lowest BCUT2D eigenvalue weighted by Gasteiger charge is -1.95. The van der Waals surface area contributed by atoms with Crippen molar-refractivity contribution in [3.8, 4) is 11.3 Å². The van der Waals surface area contributed by atoms with Gasteiger partial charge in [-0.05, 0) is 29.5 Å². The lowest BCUT2D eigenvalue weighted by atomic mass is 10.1. The van der Waals surface area contributed by atoms with E-state index in [0.29, 0.717) is 22.7 Å². The summed E-state index contributed by atoms with van der Waals surface area (Å²) >= 11 is 2.12. The second kappa shape index (κ2) is 4.28. The summed E-state index contributed by atoms with van der Waals surface area (Å²) in [6, 6.07) is 11.2. The van der Waals surface area contributed by atoms with Gasteiger partial charge in [0.05, 0.1) is 3.57 Å². The first kappa shape index (κ1) is 11.5. The van der Waals surface area contributed by atoms with Crippen LogP contribution in [0.15, 0.2) is 50.0 Å². The Kier molecular flexibility index (Phi) is 2.74. The monoisotopic (exact) mass is 352 g/mol. The number of fused-ring (bicyclic) bond motifs is 1. The van der Waals surface area contributed by atoms with Gasteiger partial charge in [0.1, 0.15) is 11.1 Å². The summed E-state index contributed by atoms with van der Waals surface area (Å²) in [5.74, 6) is 1.53. The molecular formula is C14H9IO3. The van der Waals surface area contributed by atoms with E-state index in [1.54, 1.807) is 6.92 Å². The molecule has 3 nitrogen and oxygen atoms in total. The molecule has 0 saturated heterocycles. The van der Waals surface area contributed by atoms with Gasteiger partial charge in [0.2, 0.25) is 0 Å². The van der Waals surface area contributed by atoms with Gasteiger partial charge in [0.25, 0.3) is 0 Å². The Bertz CT molecular complexity index is 769. The van der Waals surface area contributed by atoms with E-state index in [4.69, 9.17) is 8.83 Å². The standard InChI is InChI=1S/C14H9IO3/c1-8-7-10(16)11-12(15)13(18-14(11)17-8)9-5-3-2-4-6-9/h2-7H,1H3. The third-order valence-electron chi connectivity index (χ3n) is 2.69. The molecular weight excluding hydrogens is 343 g/mol. The minimum absolute atomic E-state index is 0.0657. The molecule has 0 N–H and O–H groups in total. The third kappa shape index (κ3) is 1.77. The molecule has 0 aliphatic rings. The third-order valence-corrected chi connectivity index (χ3v) is 3.72. The highest BCUT2D eigenvalue weighted by atomic mass is 127. The van der Waals surface area contributed by atoms with Crippen LogP contribution < -0.4 is 5.43 Å². The first-order chi connectivity index (χ1) is 8.66. The van der Waals surface area contributed by atoms with Crippen LogP contribution >= 0.6 is 22.6 Å². The van der Waals surface area contributed by atoms with Crippen molar-refractivity contribution in [2.75, 3.05) is 0 Å². The molecule has 0 aliphatic heterocycles. The van der Waals surface area contributed by atoms with Crippen molar-refractivity contribution in [1.82, 2.24) is 0 Å². The maximum atomic E-state index is 11.9. The Morgan fingerprint density at radius 3 is 2.56 bits per heavy atom. The minimum Gasteiger partial charge on any atom is -0.430 e. The summed E-state index contributed by atoms with van der Waals surface area (Å²) in [6.45, 7) is 1.73. The van der Waals surface area contributed by atoms with Crippen LogP contribution in [0, 0.1) is 10.5 Å². The Balaban J connectivity index is 2.37. The van der Waals surface area contributed by atoms with E-state index >= 15 is 0 Å². The number of aryl methyl sites for hydroxylation is 1. The predicted molar refractivity (Wildman–Crippen MR) is 77.6 cm³/mol. The fraction of sp³-hybridized carbons (Fsp3) is 0.0714. The van der Waals surface area contributed by atoms with Crippen LogP contribution in [0.1, 0.15) is 5.76 Å². The molecule has 0 saturated carbocycles. The zero-order valence-corrected chi connectivity index (χ0v) is 11.7. The zero-order chi connectivity index (χ0) is 12.7.